The van der Waals surface area contributed by atoms with Crippen molar-refractivity contribution in [3.05, 3.63) is 58.1 Å². The number of anilines is 1. The quantitative estimate of drug-likeness (QED) is 0.682. The number of carbonyl (C=O) groups is 1. The smallest absolute Gasteiger partial charge is 0.425 e. The molecule has 162 valence electrons. The normalized spacial score (nSPS) is 20.9. The lowest BCUT2D eigenvalue weighted by molar-refractivity contribution is -0.208. The molecular formula is C19H14ClF4N5O2. The van der Waals surface area contributed by atoms with Crippen molar-refractivity contribution in [1.82, 2.24) is 4.98 Å². The van der Waals surface area contributed by atoms with Gasteiger partial charge in [-0.3, -0.25) is 4.79 Å². The molecule has 0 radical (unpaired) electrons. The van der Waals surface area contributed by atoms with Gasteiger partial charge in [-0.2, -0.15) is 18.4 Å². The van der Waals surface area contributed by atoms with Gasteiger partial charge in [-0.05, 0) is 31.2 Å². The van der Waals surface area contributed by atoms with Crippen molar-refractivity contribution in [2.75, 3.05) is 5.32 Å². The predicted molar refractivity (Wildman–Crippen MR) is 103 cm³/mol. The molecule has 2 atom stereocenters. The molecule has 0 aliphatic carbocycles. The van der Waals surface area contributed by atoms with E-state index in [2.05, 4.69) is 20.0 Å². The van der Waals surface area contributed by atoms with Gasteiger partial charge in [0.05, 0.1) is 16.1 Å². The van der Waals surface area contributed by atoms with Crippen molar-refractivity contribution in [3.63, 3.8) is 0 Å². The molecule has 1 aromatic heterocycles. The second-order valence-corrected chi connectivity index (χ2v) is 7.27. The lowest BCUT2D eigenvalue weighted by atomic mass is 9.85. The third-order valence-corrected chi connectivity index (χ3v) is 4.94. The van der Waals surface area contributed by atoms with E-state index < -0.39 is 47.0 Å². The van der Waals surface area contributed by atoms with Crippen molar-refractivity contribution in [3.8, 4) is 6.07 Å². The van der Waals surface area contributed by atoms with E-state index in [-0.39, 0.29) is 22.5 Å². The van der Waals surface area contributed by atoms with Gasteiger partial charge < -0.3 is 15.8 Å². The molecule has 0 saturated carbocycles. The average molecular weight is 456 g/mol. The summed E-state index contributed by atoms with van der Waals surface area (Å²) in [4.78, 5) is 20.1. The zero-order chi connectivity index (χ0) is 23.0. The number of halogens is 5. The molecular weight excluding hydrogens is 442 g/mol. The van der Waals surface area contributed by atoms with E-state index in [4.69, 9.17) is 22.6 Å². The van der Waals surface area contributed by atoms with Gasteiger partial charge in [-0.15, -0.1) is 0 Å². The van der Waals surface area contributed by atoms with Crippen LogP contribution in [0.3, 0.4) is 0 Å². The fourth-order valence-corrected chi connectivity index (χ4v) is 3.37. The van der Waals surface area contributed by atoms with Gasteiger partial charge in [0.25, 0.3) is 11.9 Å². The molecule has 0 spiro atoms. The number of nitrogens with one attached hydrogen (secondary N) is 1. The predicted octanol–water partition coefficient (Wildman–Crippen LogP) is 3.88. The van der Waals surface area contributed by atoms with Gasteiger partial charge in [0.2, 0.25) is 0 Å². The van der Waals surface area contributed by atoms with E-state index in [9.17, 15) is 22.4 Å². The van der Waals surface area contributed by atoms with Gasteiger partial charge in [0.1, 0.15) is 17.6 Å². The molecule has 31 heavy (non-hydrogen) atoms. The van der Waals surface area contributed by atoms with Crippen molar-refractivity contribution in [2.45, 2.75) is 31.2 Å². The van der Waals surface area contributed by atoms with E-state index in [0.29, 0.717) is 0 Å². The Morgan fingerprint density at radius 2 is 2.13 bits per heavy atom. The first-order valence-corrected chi connectivity index (χ1v) is 9.06. The molecule has 1 aliphatic heterocycles. The minimum atomic E-state index is -4.74. The monoisotopic (exact) mass is 455 g/mol. The number of amides is 1. The van der Waals surface area contributed by atoms with Gasteiger partial charge in [-0.1, -0.05) is 11.6 Å². The molecule has 1 amide bonds. The van der Waals surface area contributed by atoms with E-state index in [1.54, 1.807) is 0 Å². The second-order valence-electron chi connectivity index (χ2n) is 6.89. The van der Waals surface area contributed by atoms with Gasteiger partial charge in [0, 0.05) is 23.9 Å². The number of aromatic nitrogens is 1. The van der Waals surface area contributed by atoms with Crippen LogP contribution in [-0.4, -0.2) is 29.2 Å². The molecule has 2 heterocycles. The van der Waals surface area contributed by atoms with Gasteiger partial charge in [-0.25, -0.2) is 14.4 Å². The highest BCUT2D eigenvalue weighted by molar-refractivity contribution is 6.31. The first-order chi connectivity index (χ1) is 14.4. The van der Waals surface area contributed by atoms with E-state index >= 15 is 0 Å². The summed E-state index contributed by atoms with van der Waals surface area (Å²) in [7, 11) is 0. The summed E-state index contributed by atoms with van der Waals surface area (Å²) in [6.07, 6.45) is -6.53. The third-order valence-electron chi connectivity index (χ3n) is 4.56. The number of carbonyl (C=O) groups excluding carboxylic acids is 1. The number of benzene rings is 1. The molecule has 7 nitrogen and oxygen atoms in total. The molecule has 0 unspecified atom stereocenters. The molecule has 3 N–H and O–H groups in total. The van der Waals surface area contributed by atoms with Crippen LogP contribution in [0, 0.1) is 17.1 Å². The minimum Gasteiger partial charge on any atom is -0.452 e. The first kappa shape index (κ1) is 22.3. The Balaban J connectivity index is 1.96. The van der Waals surface area contributed by atoms with E-state index in [1.165, 1.54) is 31.3 Å². The van der Waals surface area contributed by atoms with Crippen molar-refractivity contribution >= 4 is 29.2 Å². The Morgan fingerprint density at radius 3 is 2.71 bits per heavy atom. The van der Waals surface area contributed by atoms with Gasteiger partial charge >= 0.3 is 6.18 Å². The number of alkyl halides is 3. The summed E-state index contributed by atoms with van der Waals surface area (Å²) >= 11 is 6.02. The maximum Gasteiger partial charge on any atom is 0.425 e. The summed E-state index contributed by atoms with van der Waals surface area (Å²) < 4.78 is 58.7. The first-order valence-electron chi connectivity index (χ1n) is 8.68. The van der Waals surface area contributed by atoms with Crippen LogP contribution in [0.4, 0.5) is 23.2 Å². The number of nitriles is 1. The zero-order valence-electron chi connectivity index (χ0n) is 15.8. The van der Waals surface area contributed by atoms with Crippen LogP contribution in [0.5, 0.6) is 0 Å². The summed E-state index contributed by atoms with van der Waals surface area (Å²) in [5.74, 6) is -1.71. The zero-order valence-corrected chi connectivity index (χ0v) is 16.6. The van der Waals surface area contributed by atoms with Crippen LogP contribution in [0.1, 0.15) is 35.0 Å². The third kappa shape index (κ3) is 4.69. The number of ether oxygens (including phenoxy) is 1. The van der Waals surface area contributed by atoms with Crippen LogP contribution in [0.15, 0.2) is 35.5 Å². The Morgan fingerprint density at radius 1 is 1.42 bits per heavy atom. The molecule has 2 aromatic rings. The number of pyridine rings is 1. The van der Waals surface area contributed by atoms with Crippen molar-refractivity contribution in [1.29, 1.82) is 5.26 Å². The Hall–Kier alpha value is -3.39. The molecule has 12 heteroatoms. The Kier molecular flexibility index (Phi) is 5.78. The maximum absolute atomic E-state index is 14.5. The fourth-order valence-electron chi connectivity index (χ4n) is 3.06. The minimum absolute atomic E-state index is 0.0624. The number of aliphatic imine (C=N–C) groups is 1. The van der Waals surface area contributed by atoms with Gasteiger partial charge in [0.15, 0.2) is 6.10 Å². The Labute approximate surface area is 178 Å². The summed E-state index contributed by atoms with van der Waals surface area (Å²) in [5, 5.41) is 10.7. The number of nitrogens with two attached hydrogens (primary N) is 1. The largest absolute Gasteiger partial charge is 0.452 e. The van der Waals surface area contributed by atoms with Crippen molar-refractivity contribution < 1.29 is 27.1 Å². The van der Waals surface area contributed by atoms with Crippen LogP contribution in [0.25, 0.3) is 0 Å². The molecule has 1 aromatic carbocycles. The summed E-state index contributed by atoms with van der Waals surface area (Å²) in [5.41, 5.74) is 3.73. The summed E-state index contributed by atoms with van der Waals surface area (Å²) in [6.45, 7) is 1.30. The maximum atomic E-state index is 14.5. The van der Waals surface area contributed by atoms with Crippen LogP contribution < -0.4 is 11.1 Å². The second kappa shape index (κ2) is 8.03. The highest BCUT2D eigenvalue weighted by Gasteiger charge is 2.50. The number of nitrogens with zero attached hydrogens (tertiary/aromatic N) is 3. The van der Waals surface area contributed by atoms with Crippen LogP contribution >= 0.6 is 11.6 Å². The molecule has 0 bridgehead atoms. The lowest BCUT2D eigenvalue weighted by Crippen LogP contribution is -2.46. The highest BCUT2D eigenvalue weighted by atomic mass is 35.5. The molecule has 0 fully saturated rings. The standard InChI is InChI=1S/C19H14ClF4N5O2/c1-18(6-14(19(22,23)24)31-17(26)29-18)11-4-10(5-12(21)15(11)20)28-16(30)13-3-2-9(7-25)8-27-13/h2-5,8,14H,6H2,1H3,(H2,26,29)(H,28,30)/t14-,18-/m0/s1. The number of hydrogen-bond acceptors (Lipinski definition) is 6. The van der Waals surface area contributed by atoms with E-state index in [0.717, 1.165) is 6.07 Å². The SMILES string of the molecule is C[C@@]1(c2cc(NC(=O)c3ccc(C#N)cn3)cc(F)c2Cl)C[C@@H](C(F)(F)F)OC(N)=N1. The van der Waals surface area contributed by atoms with Crippen molar-refractivity contribution in [2.24, 2.45) is 10.7 Å². The highest BCUT2D eigenvalue weighted by Crippen LogP contribution is 2.43. The molecule has 1 aliphatic rings. The molecule has 3 rings (SSSR count). The fraction of sp³-hybridized carbons (Fsp3) is 0.263. The Bertz CT molecular complexity index is 1100. The topological polar surface area (TPSA) is 113 Å². The number of rotatable bonds is 3. The van der Waals surface area contributed by atoms with Crippen LogP contribution in [0.2, 0.25) is 5.02 Å². The average Bonchev–Trinajstić information content (AvgIpc) is 2.69. The number of hydrogen-bond donors (Lipinski definition) is 2. The molecule has 0 saturated heterocycles. The van der Waals surface area contributed by atoms with Crippen LogP contribution in [-0.2, 0) is 10.3 Å². The summed E-state index contributed by atoms with van der Waals surface area (Å²) in [6, 6.07) is 5.91. The number of amidine groups is 1. The lowest BCUT2D eigenvalue weighted by Gasteiger charge is -2.36. The van der Waals surface area contributed by atoms with E-state index in [1.807, 2.05) is 6.07 Å².